The van der Waals surface area contributed by atoms with Crippen LogP contribution in [-0.4, -0.2) is 44.6 Å². The summed E-state index contributed by atoms with van der Waals surface area (Å²) >= 11 is 0. The Kier molecular flexibility index (Phi) is 14.9. The zero-order valence-corrected chi connectivity index (χ0v) is 30.5. The maximum Gasteiger partial charge on any atom is 1.00 e. The van der Waals surface area contributed by atoms with Crippen molar-refractivity contribution < 1.29 is 128 Å². The van der Waals surface area contributed by atoms with Gasteiger partial charge in [0.2, 0.25) is 0 Å². The van der Waals surface area contributed by atoms with Gasteiger partial charge in [-0.2, -0.15) is 0 Å². The van der Waals surface area contributed by atoms with E-state index in [1.54, 1.807) is 6.92 Å². The molecule has 1 atom stereocenters. The summed E-state index contributed by atoms with van der Waals surface area (Å²) in [4.78, 5) is -1.68. The molecule has 0 aliphatic rings. The van der Waals surface area contributed by atoms with Crippen LogP contribution in [0, 0.1) is 0 Å². The summed E-state index contributed by atoms with van der Waals surface area (Å²) < 4.78 is 106. The van der Waals surface area contributed by atoms with E-state index in [4.69, 9.17) is 0 Å². The van der Waals surface area contributed by atoms with E-state index in [0.29, 0.717) is 0 Å². The molecule has 0 aliphatic carbocycles. The molecule has 0 aromatic heterocycles. The van der Waals surface area contributed by atoms with Gasteiger partial charge in [-0.15, -0.1) is 0 Å². The summed E-state index contributed by atoms with van der Waals surface area (Å²) in [7, 11) is -17.9. The number of hydrogen-bond acceptors (Lipinski definition) is 9. The summed E-state index contributed by atoms with van der Waals surface area (Å²) in [6, 6.07) is 15.2. The van der Waals surface area contributed by atoms with Gasteiger partial charge in [-0.05, 0) is 61.5 Å². The molecular weight excluding hydrogens is 604 g/mol. The third-order valence-electron chi connectivity index (χ3n) is 5.49. The van der Waals surface area contributed by atoms with E-state index in [1.807, 2.05) is 0 Å². The summed E-state index contributed by atoms with van der Waals surface area (Å²) in [5.41, 5.74) is -0.596. The van der Waals surface area contributed by atoms with E-state index in [2.05, 4.69) is 6.58 Å². The molecule has 0 N–H and O–H groups in total. The third-order valence-corrected chi connectivity index (χ3v) is 12.7. The molecule has 0 amide bonds. The molecule has 0 bridgehead atoms. The van der Waals surface area contributed by atoms with Crippen molar-refractivity contribution in [1.82, 2.24) is 0 Å². The molecule has 0 spiro atoms. The Hall–Kier alpha value is 0.560. The van der Waals surface area contributed by atoms with Gasteiger partial charge in [0.1, 0.15) is 53.5 Å². The van der Waals surface area contributed by atoms with Crippen LogP contribution in [0.5, 0.6) is 0 Å². The minimum Gasteiger partial charge on any atom is -0.744 e. The van der Waals surface area contributed by atoms with Gasteiger partial charge in [0, 0.05) is 0 Å². The largest absolute Gasteiger partial charge is 1.00 e. The van der Waals surface area contributed by atoms with Crippen molar-refractivity contribution in [3.05, 3.63) is 85.5 Å². The average Bonchev–Trinajstić information content (AvgIpc) is 2.78. The van der Waals surface area contributed by atoms with E-state index < -0.39 is 58.0 Å². The van der Waals surface area contributed by atoms with Crippen molar-refractivity contribution in [3.8, 4) is 0 Å². The van der Waals surface area contributed by atoms with Gasteiger partial charge in [0.05, 0.1) is 20.3 Å². The van der Waals surface area contributed by atoms with Gasteiger partial charge >= 0.3 is 88.7 Å². The van der Waals surface area contributed by atoms with Crippen LogP contribution < -0.4 is 105 Å². The van der Waals surface area contributed by atoms with Crippen molar-refractivity contribution in [2.75, 3.05) is 0 Å². The first kappa shape index (κ1) is 38.6. The van der Waals surface area contributed by atoms with Gasteiger partial charge in [0.25, 0.3) is 0 Å². The molecule has 3 rings (SSSR count). The predicted octanol–water partition coefficient (Wildman–Crippen LogP) is -7.72. The number of benzene rings is 3. The van der Waals surface area contributed by atoms with Crippen LogP contribution in [0.4, 0.5) is 0 Å². The first-order valence-electron chi connectivity index (χ1n) is 9.82. The molecule has 16 heteroatoms. The molecule has 3 aromatic rings. The second kappa shape index (κ2) is 14.6. The zero-order chi connectivity index (χ0) is 26.2. The Morgan fingerprint density at radius 1 is 0.632 bits per heavy atom. The molecule has 0 heterocycles. The first-order chi connectivity index (χ1) is 16.1. The molecule has 9 nitrogen and oxygen atoms in total. The van der Waals surface area contributed by atoms with Crippen molar-refractivity contribution in [2.45, 2.75) is 27.3 Å². The van der Waals surface area contributed by atoms with Crippen LogP contribution in [0.2, 0.25) is 0 Å². The minimum atomic E-state index is -4.90. The van der Waals surface area contributed by atoms with Crippen LogP contribution >= 0.6 is 7.26 Å². The van der Waals surface area contributed by atoms with Gasteiger partial charge < -0.3 is 13.7 Å². The van der Waals surface area contributed by atoms with E-state index in [9.17, 15) is 38.9 Å². The Morgan fingerprint density at radius 3 is 1.11 bits per heavy atom. The Morgan fingerprint density at radius 2 is 0.895 bits per heavy atom. The summed E-state index contributed by atoms with van der Waals surface area (Å²) in [6.45, 7) is 5.49. The molecule has 0 aliphatic heterocycles. The van der Waals surface area contributed by atoms with E-state index in [1.165, 1.54) is 42.5 Å². The van der Waals surface area contributed by atoms with Crippen LogP contribution in [0.1, 0.15) is 6.92 Å². The van der Waals surface area contributed by atoms with Gasteiger partial charge in [-0.3, -0.25) is 0 Å². The Labute approximate surface area is 290 Å². The summed E-state index contributed by atoms with van der Waals surface area (Å²) in [5.74, 6) is 0. The standard InChI is InChI=1S/C22H21O9PS3.3Na/c1-3-16(2)32(17-7-4-10-20(13-17)33(23,24)25,18-8-5-11-21(14-18)34(26,27)28)19-9-6-12-22(15-19)35(29,30)31;;;/h3-16H,1H2,2H3,(H2-,23,24,25,26,27,28,29,30,31);;;/q;3*+1/p-2. The SMILES string of the molecule is C=CC(C)[P+](c1cccc(S(=O)(=O)[O-])c1)(c1cccc(S(=O)(=O)[O-])c1)c1cccc(S(=O)(=O)[O-])c1.[Na+].[Na+].[Na+]. The second-order valence-corrected chi connectivity index (χ2v) is 15.5. The van der Waals surface area contributed by atoms with Crippen molar-refractivity contribution in [2.24, 2.45) is 0 Å². The monoisotopic (exact) mass is 623 g/mol. The van der Waals surface area contributed by atoms with Crippen molar-refractivity contribution in [3.63, 3.8) is 0 Å². The molecule has 1 unspecified atom stereocenters. The molecule has 0 fully saturated rings. The van der Waals surface area contributed by atoms with Gasteiger partial charge in [0.15, 0.2) is 0 Å². The minimum absolute atomic E-state index is 0. The molecule has 0 radical (unpaired) electrons. The Bertz CT molecular complexity index is 1450. The van der Waals surface area contributed by atoms with Crippen molar-refractivity contribution in [1.29, 1.82) is 0 Å². The fraction of sp³-hybridized carbons (Fsp3) is 0.0909. The molecule has 38 heavy (non-hydrogen) atoms. The normalized spacial score (nSPS) is 12.7. The summed E-state index contributed by atoms with van der Waals surface area (Å²) in [5, 5.41) is 0.799. The Balaban J connectivity index is 0.00000456. The molecule has 0 saturated carbocycles. The molecule has 0 saturated heterocycles. The van der Waals surface area contributed by atoms with Crippen LogP contribution in [0.3, 0.4) is 0 Å². The number of hydrogen-bond donors (Lipinski definition) is 0. The quantitative estimate of drug-likeness (QED) is 0.102. The van der Waals surface area contributed by atoms with Gasteiger partial charge in [-0.25, -0.2) is 25.3 Å². The van der Waals surface area contributed by atoms with Crippen molar-refractivity contribution >= 4 is 53.5 Å². The maximum atomic E-state index is 11.8. The maximum absolute atomic E-state index is 11.8. The van der Waals surface area contributed by atoms with Gasteiger partial charge in [-0.1, -0.05) is 30.9 Å². The fourth-order valence-electron chi connectivity index (χ4n) is 3.89. The second-order valence-electron chi connectivity index (χ2n) is 7.55. The third kappa shape index (κ3) is 8.32. The number of allylic oxidation sites excluding steroid dienone is 1. The fourth-order valence-corrected chi connectivity index (χ4v) is 10.3. The van der Waals surface area contributed by atoms with E-state index in [-0.39, 0.29) is 105 Å². The molecule has 186 valence electrons. The van der Waals surface area contributed by atoms with Crippen LogP contribution in [0.15, 0.2) is 100 Å². The average molecular weight is 624 g/mol. The topological polar surface area (TPSA) is 172 Å². The molecule has 3 aromatic carbocycles. The predicted molar refractivity (Wildman–Crippen MR) is 129 cm³/mol. The number of rotatable bonds is 8. The first-order valence-corrected chi connectivity index (χ1v) is 15.9. The summed E-state index contributed by atoms with van der Waals surface area (Å²) in [6.07, 6.45) is 1.50. The molecular formula is C22H19Na3O9PS3+. The van der Waals surface area contributed by atoms with Crippen LogP contribution in [0.25, 0.3) is 0 Å². The van der Waals surface area contributed by atoms with E-state index in [0.717, 1.165) is 36.4 Å². The smallest absolute Gasteiger partial charge is 0.744 e. The van der Waals surface area contributed by atoms with Crippen LogP contribution in [-0.2, 0) is 30.4 Å². The van der Waals surface area contributed by atoms with E-state index >= 15 is 0 Å². The zero-order valence-electron chi connectivity index (χ0n) is 21.1.